The molecule has 0 spiro atoms. The van der Waals surface area contributed by atoms with Crippen molar-refractivity contribution in [1.29, 1.82) is 0 Å². The SMILES string of the molecule is Cc1cc(C)c([C@H]2c3ccccc3C(=O)N2c2ccc(F)cc2)c(C)c1. The van der Waals surface area contributed by atoms with Gasteiger partial charge < -0.3 is 0 Å². The maximum Gasteiger partial charge on any atom is 0.259 e. The molecular weight excluding hydrogens is 325 g/mol. The van der Waals surface area contributed by atoms with Gasteiger partial charge in [-0.3, -0.25) is 9.69 Å². The van der Waals surface area contributed by atoms with Crippen molar-refractivity contribution in [3.63, 3.8) is 0 Å². The number of benzene rings is 3. The van der Waals surface area contributed by atoms with E-state index in [2.05, 4.69) is 32.9 Å². The van der Waals surface area contributed by atoms with Crippen molar-refractivity contribution in [2.24, 2.45) is 0 Å². The van der Waals surface area contributed by atoms with E-state index >= 15 is 0 Å². The Morgan fingerprint density at radius 3 is 2.15 bits per heavy atom. The summed E-state index contributed by atoms with van der Waals surface area (Å²) in [6.07, 6.45) is 0. The molecule has 0 unspecified atom stereocenters. The van der Waals surface area contributed by atoms with Gasteiger partial charge in [-0.05, 0) is 73.4 Å². The molecule has 1 amide bonds. The Bertz CT molecular complexity index is 984. The van der Waals surface area contributed by atoms with Gasteiger partial charge in [0, 0.05) is 11.3 Å². The van der Waals surface area contributed by atoms with Crippen LogP contribution in [0.5, 0.6) is 0 Å². The number of hydrogen-bond donors (Lipinski definition) is 0. The molecule has 0 saturated heterocycles. The number of amides is 1. The van der Waals surface area contributed by atoms with E-state index in [9.17, 15) is 9.18 Å². The van der Waals surface area contributed by atoms with Crippen molar-refractivity contribution in [2.75, 3.05) is 4.90 Å². The number of aryl methyl sites for hydroxylation is 3. The van der Waals surface area contributed by atoms with Crippen molar-refractivity contribution in [3.05, 3.63) is 99.9 Å². The van der Waals surface area contributed by atoms with E-state index in [1.807, 2.05) is 24.3 Å². The summed E-state index contributed by atoms with van der Waals surface area (Å²) >= 11 is 0. The van der Waals surface area contributed by atoms with Crippen molar-refractivity contribution in [1.82, 2.24) is 0 Å². The smallest absolute Gasteiger partial charge is 0.259 e. The van der Waals surface area contributed by atoms with E-state index in [1.54, 1.807) is 17.0 Å². The quantitative estimate of drug-likeness (QED) is 0.600. The Labute approximate surface area is 152 Å². The fourth-order valence-electron chi connectivity index (χ4n) is 4.09. The van der Waals surface area contributed by atoms with Gasteiger partial charge in [-0.1, -0.05) is 35.9 Å². The van der Waals surface area contributed by atoms with E-state index in [0.717, 1.165) is 22.3 Å². The third kappa shape index (κ3) is 2.51. The first-order valence-corrected chi connectivity index (χ1v) is 8.73. The summed E-state index contributed by atoms with van der Waals surface area (Å²) < 4.78 is 13.4. The summed E-state index contributed by atoms with van der Waals surface area (Å²) in [5, 5.41) is 0. The summed E-state index contributed by atoms with van der Waals surface area (Å²) in [6.45, 7) is 6.25. The Morgan fingerprint density at radius 1 is 0.885 bits per heavy atom. The zero-order valence-corrected chi connectivity index (χ0v) is 15.1. The maximum absolute atomic E-state index is 13.4. The average Bonchev–Trinajstić information content (AvgIpc) is 2.88. The molecule has 1 heterocycles. The highest BCUT2D eigenvalue weighted by Gasteiger charge is 2.39. The second-order valence-electron chi connectivity index (χ2n) is 6.95. The van der Waals surface area contributed by atoms with Crippen molar-refractivity contribution >= 4 is 11.6 Å². The van der Waals surface area contributed by atoms with Gasteiger partial charge in [-0.15, -0.1) is 0 Å². The van der Waals surface area contributed by atoms with E-state index in [1.165, 1.54) is 17.7 Å². The number of nitrogens with zero attached hydrogens (tertiary/aromatic N) is 1. The predicted octanol–water partition coefficient (Wildman–Crippen LogP) is 5.50. The average molecular weight is 345 g/mol. The lowest BCUT2D eigenvalue weighted by atomic mass is 9.89. The van der Waals surface area contributed by atoms with Crippen LogP contribution in [0, 0.1) is 26.6 Å². The predicted molar refractivity (Wildman–Crippen MR) is 102 cm³/mol. The van der Waals surface area contributed by atoms with E-state index in [4.69, 9.17) is 0 Å². The van der Waals surface area contributed by atoms with Crippen LogP contribution in [0.2, 0.25) is 0 Å². The largest absolute Gasteiger partial charge is 0.297 e. The van der Waals surface area contributed by atoms with Crippen LogP contribution in [0.25, 0.3) is 0 Å². The Balaban J connectivity index is 1.97. The van der Waals surface area contributed by atoms with E-state index in [0.29, 0.717) is 11.3 Å². The van der Waals surface area contributed by atoms with Crippen LogP contribution in [0.3, 0.4) is 0 Å². The molecular formula is C23H20FNO. The fourth-order valence-corrected chi connectivity index (χ4v) is 4.09. The van der Waals surface area contributed by atoms with Crippen LogP contribution in [0.1, 0.15) is 44.2 Å². The minimum atomic E-state index is -0.308. The highest BCUT2D eigenvalue weighted by atomic mass is 19.1. The molecule has 2 nitrogen and oxygen atoms in total. The molecule has 3 heteroatoms. The molecule has 0 bridgehead atoms. The number of carbonyl (C=O) groups excluding carboxylic acids is 1. The molecule has 3 aromatic carbocycles. The van der Waals surface area contributed by atoms with Crippen molar-refractivity contribution in [2.45, 2.75) is 26.8 Å². The van der Waals surface area contributed by atoms with Crippen molar-refractivity contribution in [3.8, 4) is 0 Å². The number of hydrogen-bond acceptors (Lipinski definition) is 1. The molecule has 3 aromatic rings. The molecule has 0 aliphatic carbocycles. The van der Waals surface area contributed by atoms with Crippen LogP contribution in [0.4, 0.5) is 10.1 Å². The molecule has 0 saturated carbocycles. The first-order valence-electron chi connectivity index (χ1n) is 8.73. The molecule has 4 rings (SSSR count). The highest BCUT2D eigenvalue weighted by Crippen LogP contribution is 2.43. The summed E-state index contributed by atoms with van der Waals surface area (Å²) in [5.41, 5.74) is 7.07. The second-order valence-corrected chi connectivity index (χ2v) is 6.95. The lowest BCUT2D eigenvalue weighted by Gasteiger charge is -2.29. The van der Waals surface area contributed by atoms with E-state index < -0.39 is 0 Å². The zero-order valence-electron chi connectivity index (χ0n) is 15.1. The van der Waals surface area contributed by atoms with E-state index in [-0.39, 0.29) is 17.8 Å². The molecule has 0 aromatic heterocycles. The first-order chi connectivity index (χ1) is 12.5. The lowest BCUT2D eigenvalue weighted by Crippen LogP contribution is -2.29. The van der Waals surface area contributed by atoms with Crippen LogP contribution >= 0.6 is 0 Å². The molecule has 0 fully saturated rings. The van der Waals surface area contributed by atoms with Gasteiger partial charge in [0.25, 0.3) is 5.91 Å². The van der Waals surface area contributed by atoms with Gasteiger partial charge in [0.05, 0.1) is 6.04 Å². The Morgan fingerprint density at radius 2 is 1.50 bits per heavy atom. The van der Waals surface area contributed by atoms with Crippen LogP contribution in [-0.2, 0) is 0 Å². The monoisotopic (exact) mass is 345 g/mol. The topological polar surface area (TPSA) is 20.3 Å². The minimum absolute atomic E-state index is 0.0448. The molecule has 1 atom stereocenters. The third-order valence-electron chi connectivity index (χ3n) is 5.08. The molecule has 0 radical (unpaired) electrons. The Hall–Kier alpha value is -2.94. The van der Waals surface area contributed by atoms with Gasteiger partial charge in [-0.2, -0.15) is 0 Å². The van der Waals surface area contributed by atoms with Crippen LogP contribution in [0.15, 0.2) is 60.7 Å². The van der Waals surface area contributed by atoms with Gasteiger partial charge >= 0.3 is 0 Å². The molecule has 1 aliphatic rings. The molecule has 26 heavy (non-hydrogen) atoms. The Kier molecular flexibility index (Phi) is 3.87. The highest BCUT2D eigenvalue weighted by molar-refractivity contribution is 6.11. The number of carbonyl (C=O) groups is 1. The molecule has 1 aliphatic heterocycles. The van der Waals surface area contributed by atoms with Gasteiger partial charge in [0.1, 0.15) is 5.82 Å². The maximum atomic E-state index is 13.4. The minimum Gasteiger partial charge on any atom is -0.297 e. The standard InChI is InChI=1S/C23H20FNO/c1-14-12-15(2)21(16(3)13-14)22-19-6-4-5-7-20(19)23(26)25(22)18-10-8-17(24)9-11-18/h4-13,22H,1-3H3/t22-/m1/s1. The number of fused-ring (bicyclic) bond motifs is 1. The zero-order chi connectivity index (χ0) is 18.4. The lowest BCUT2D eigenvalue weighted by molar-refractivity contribution is 0.0993. The first kappa shape index (κ1) is 16.5. The number of halogens is 1. The summed E-state index contributed by atoms with van der Waals surface area (Å²) in [4.78, 5) is 15.0. The van der Waals surface area contributed by atoms with Crippen molar-refractivity contribution < 1.29 is 9.18 Å². The summed E-state index contributed by atoms with van der Waals surface area (Å²) in [5.74, 6) is -0.353. The molecule has 130 valence electrons. The summed E-state index contributed by atoms with van der Waals surface area (Å²) in [6, 6.07) is 18.0. The second kappa shape index (κ2) is 6.10. The molecule has 0 N–H and O–H groups in total. The van der Waals surface area contributed by atoms with Gasteiger partial charge in [0.15, 0.2) is 0 Å². The number of anilines is 1. The number of rotatable bonds is 2. The van der Waals surface area contributed by atoms with Crippen LogP contribution < -0.4 is 4.90 Å². The normalized spacial score (nSPS) is 16.1. The fraction of sp³-hybridized carbons (Fsp3) is 0.174. The van der Waals surface area contributed by atoms with Crippen LogP contribution in [-0.4, -0.2) is 5.91 Å². The third-order valence-corrected chi connectivity index (χ3v) is 5.08. The summed E-state index contributed by atoms with van der Waals surface area (Å²) in [7, 11) is 0. The van der Waals surface area contributed by atoms with Gasteiger partial charge in [-0.25, -0.2) is 4.39 Å². The van der Waals surface area contributed by atoms with Gasteiger partial charge in [0.2, 0.25) is 0 Å².